The molecule has 0 saturated heterocycles. The highest BCUT2D eigenvalue weighted by Gasteiger charge is 2.10. The Labute approximate surface area is 101 Å². The molecule has 0 amide bonds. The number of aromatic hydroxyl groups is 1. The number of hydrogen-bond acceptors (Lipinski definition) is 3. The van der Waals surface area contributed by atoms with Gasteiger partial charge in [0.25, 0.3) is 6.43 Å². The molecule has 94 valence electrons. The van der Waals surface area contributed by atoms with Gasteiger partial charge >= 0.3 is 0 Å². The lowest BCUT2D eigenvalue weighted by Gasteiger charge is -2.05. The molecule has 2 rings (SSSR count). The minimum Gasteiger partial charge on any atom is -0.493 e. The van der Waals surface area contributed by atoms with Crippen molar-refractivity contribution < 1.29 is 18.3 Å². The standard InChI is InChI=1S/C12H9F3N2O/c13-9-2-7(1-8(4-9)12(14)15)3-10-5-11(18)17-6-16-10/h1-2,4-6,12H,3H2,(H,16,17,18). The van der Waals surface area contributed by atoms with Gasteiger partial charge in [0.1, 0.15) is 12.1 Å². The quantitative estimate of drug-likeness (QED) is 0.916. The summed E-state index contributed by atoms with van der Waals surface area (Å²) in [7, 11) is 0. The van der Waals surface area contributed by atoms with Gasteiger partial charge in [-0.1, -0.05) is 0 Å². The van der Waals surface area contributed by atoms with Gasteiger partial charge in [0.2, 0.25) is 5.88 Å². The molecular weight excluding hydrogens is 245 g/mol. The van der Waals surface area contributed by atoms with E-state index in [9.17, 15) is 13.2 Å². The van der Waals surface area contributed by atoms with Crippen molar-refractivity contribution in [3.8, 4) is 5.88 Å². The summed E-state index contributed by atoms with van der Waals surface area (Å²) < 4.78 is 38.1. The first kappa shape index (κ1) is 12.3. The number of halogens is 3. The molecule has 0 unspecified atom stereocenters. The molecule has 0 saturated carbocycles. The van der Waals surface area contributed by atoms with Crippen LogP contribution in [-0.2, 0) is 6.42 Å². The summed E-state index contributed by atoms with van der Waals surface area (Å²) in [4.78, 5) is 7.35. The number of benzene rings is 1. The van der Waals surface area contributed by atoms with Crippen LogP contribution in [0.15, 0.2) is 30.6 Å². The Morgan fingerprint density at radius 1 is 1.11 bits per heavy atom. The lowest BCUT2D eigenvalue weighted by atomic mass is 10.1. The normalized spacial score (nSPS) is 10.9. The Bertz CT molecular complexity index is 561. The second-order valence-corrected chi connectivity index (χ2v) is 3.74. The van der Waals surface area contributed by atoms with Crippen molar-refractivity contribution in [1.29, 1.82) is 0 Å². The first-order valence-corrected chi connectivity index (χ1v) is 5.12. The molecule has 0 spiro atoms. The molecular formula is C12H9F3N2O. The molecule has 0 aliphatic rings. The van der Waals surface area contributed by atoms with E-state index in [-0.39, 0.29) is 17.9 Å². The number of rotatable bonds is 3. The number of alkyl halides is 2. The van der Waals surface area contributed by atoms with Crippen molar-refractivity contribution in [3.05, 3.63) is 53.2 Å². The summed E-state index contributed by atoms with van der Waals surface area (Å²) in [6, 6.07) is 4.47. The SMILES string of the molecule is Oc1cc(Cc2cc(F)cc(C(F)F)c2)ncn1. The average Bonchev–Trinajstić information content (AvgIpc) is 2.28. The molecule has 2 aromatic rings. The first-order chi connectivity index (χ1) is 8.54. The van der Waals surface area contributed by atoms with E-state index in [0.29, 0.717) is 11.3 Å². The second-order valence-electron chi connectivity index (χ2n) is 3.74. The van der Waals surface area contributed by atoms with Crippen LogP contribution in [-0.4, -0.2) is 15.1 Å². The second kappa shape index (κ2) is 5.03. The zero-order chi connectivity index (χ0) is 13.1. The molecule has 1 heterocycles. The molecule has 1 aromatic carbocycles. The molecule has 0 radical (unpaired) electrons. The van der Waals surface area contributed by atoms with Crippen molar-refractivity contribution in [3.63, 3.8) is 0 Å². The van der Waals surface area contributed by atoms with Crippen LogP contribution >= 0.6 is 0 Å². The Hall–Kier alpha value is -2.11. The highest BCUT2D eigenvalue weighted by Crippen LogP contribution is 2.22. The van der Waals surface area contributed by atoms with Crippen LogP contribution in [0.3, 0.4) is 0 Å². The monoisotopic (exact) mass is 254 g/mol. The van der Waals surface area contributed by atoms with Crippen LogP contribution in [0, 0.1) is 5.82 Å². The van der Waals surface area contributed by atoms with Crippen molar-refractivity contribution in [2.24, 2.45) is 0 Å². The van der Waals surface area contributed by atoms with Crippen molar-refractivity contribution in [2.45, 2.75) is 12.8 Å². The summed E-state index contributed by atoms with van der Waals surface area (Å²) in [5, 5.41) is 9.14. The molecule has 1 N–H and O–H groups in total. The Morgan fingerprint density at radius 3 is 2.56 bits per heavy atom. The molecule has 6 heteroatoms. The Kier molecular flexibility index (Phi) is 3.45. The maximum atomic E-state index is 13.2. The maximum absolute atomic E-state index is 13.2. The van der Waals surface area contributed by atoms with Gasteiger partial charge in [-0.15, -0.1) is 0 Å². The molecule has 3 nitrogen and oxygen atoms in total. The van der Waals surface area contributed by atoms with Gasteiger partial charge in [-0.05, 0) is 23.8 Å². The molecule has 0 fully saturated rings. The zero-order valence-electron chi connectivity index (χ0n) is 9.15. The molecule has 0 aliphatic carbocycles. The van der Waals surface area contributed by atoms with Gasteiger partial charge in [0.15, 0.2) is 0 Å². The predicted octanol–water partition coefficient (Wildman–Crippen LogP) is 2.85. The molecule has 0 atom stereocenters. The first-order valence-electron chi connectivity index (χ1n) is 5.12. The van der Waals surface area contributed by atoms with Crippen LogP contribution in [0.4, 0.5) is 13.2 Å². The van der Waals surface area contributed by atoms with Gasteiger partial charge in [0, 0.05) is 18.1 Å². The summed E-state index contributed by atoms with van der Waals surface area (Å²) in [5.74, 6) is -0.938. The van der Waals surface area contributed by atoms with Gasteiger partial charge in [-0.3, -0.25) is 0 Å². The van der Waals surface area contributed by atoms with Crippen LogP contribution in [0.25, 0.3) is 0 Å². The van der Waals surface area contributed by atoms with Crippen LogP contribution in [0.2, 0.25) is 0 Å². The lowest BCUT2D eigenvalue weighted by molar-refractivity contribution is 0.151. The highest BCUT2D eigenvalue weighted by molar-refractivity contribution is 5.29. The van der Waals surface area contributed by atoms with Crippen molar-refractivity contribution in [2.75, 3.05) is 0 Å². The highest BCUT2D eigenvalue weighted by atomic mass is 19.3. The summed E-state index contributed by atoms with van der Waals surface area (Å²) >= 11 is 0. The van der Waals surface area contributed by atoms with Crippen LogP contribution in [0.5, 0.6) is 5.88 Å². The minimum atomic E-state index is -2.72. The topological polar surface area (TPSA) is 46.0 Å². The largest absolute Gasteiger partial charge is 0.493 e. The Morgan fingerprint density at radius 2 is 1.89 bits per heavy atom. The molecule has 18 heavy (non-hydrogen) atoms. The number of nitrogens with zero attached hydrogens (tertiary/aromatic N) is 2. The van der Waals surface area contributed by atoms with Gasteiger partial charge in [-0.2, -0.15) is 0 Å². The number of aromatic nitrogens is 2. The van der Waals surface area contributed by atoms with Gasteiger partial charge in [-0.25, -0.2) is 23.1 Å². The smallest absolute Gasteiger partial charge is 0.263 e. The third-order valence-electron chi connectivity index (χ3n) is 2.33. The van der Waals surface area contributed by atoms with E-state index >= 15 is 0 Å². The van der Waals surface area contributed by atoms with E-state index in [2.05, 4.69) is 9.97 Å². The van der Waals surface area contributed by atoms with Gasteiger partial charge in [0.05, 0.1) is 5.69 Å². The van der Waals surface area contributed by atoms with Crippen molar-refractivity contribution >= 4 is 0 Å². The van der Waals surface area contributed by atoms with Gasteiger partial charge < -0.3 is 5.11 Å². The fourth-order valence-corrected chi connectivity index (χ4v) is 1.60. The summed E-state index contributed by atoms with van der Waals surface area (Å²) in [6.07, 6.45) is -1.43. The van der Waals surface area contributed by atoms with E-state index in [1.165, 1.54) is 12.1 Å². The summed E-state index contributed by atoms with van der Waals surface area (Å²) in [5.41, 5.74) is 0.417. The molecule has 0 bridgehead atoms. The lowest BCUT2D eigenvalue weighted by Crippen LogP contribution is -1.96. The average molecular weight is 254 g/mol. The van der Waals surface area contributed by atoms with Crippen LogP contribution < -0.4 is 0 Å². The van der Waals surface area contributed by atoms with Crippen LogP contribution in [0.1, 0.15) is 23.2 Å². The van der Waals surface area contributed by atoms with E-state index in [1.807, 2.05) is 0 Å². The summed E-state index contributed by atoms with van der Waals surface area (Å²) in [6.45, 7) is 0. The minimum absolute atomic E-state index is 0.146. The van der Waals surface area contributed by atoms with E-state index < -0.39 is 12.2 Å². The third kappa shape index (κ3) is 2.97. The molecule has 0 aliphatic heterocycles. The third-order valence-corrected chi connectivity index (χ3v) is 2.33. The zero-order valence-corrected chi connectivity index (χ0v) is 9.15. The van der Waals surface area contributed by atoms with E-state index in [4.69, 9.17) is 5.11 Å². The fraction of sp³-hybridized carbons (Fsp3) is 0.167. The Balaban J connectivity index is 2.29. The molecule has 1 aromatic heterocycles. The number of hydrogen-bond donors (Lipinski definition) is 1. The maximum Gasteiger partial charge on any atom is 0.263 e. The van der Waals surface area contributed by atoms with Crippen molar-refractivity contribution in [1.82, 2.24) is 9.97 Å². The fourth-order valence-electron chi connectivity index (χ4n) is 1.60. The van der Waals surface area contributed by atoms with E-state index in [1.54, 1.807) is 0 Å². The van der Waals surface area contributed by atoms with E-state index in [0.717, 1.165) is 18.5 Å². The predicted molar refractivity (Wildman–Crippen MR) is 57.9 cm³/mol.